The number of amides is 1. The Balaban J connectivity index is 1.48. The fourth-order valence-corrected chi connectivity index (χ4v) is 2.71. The summed E-state index contributed by atoms with van der Waals surface area (Å²) < 4.78 is 10.4. The Labute approximate surface area is 158 Å². The number of nitrogens with zero attached hydrogens (tertiary/aromatic N) is 2. The minimum atomic E-state index is -0.0156. The fourth-order valence-electron chi connectivity index (χ4n) is 2.71. The molecule has 6 heteroatoms. The second-order valence-corrected chi connectivity index (χ2v) is 6.20. The van der Waals surface area contributed by atoms with Crippen molar-refractivity contribution in [2.24, 2.45) is 0 Å². The topological polar surface area (TPSA) is 77.2 Å². The molecule has 0 aliphatic rings. The molecule has 0 bridgehead atoms. The number of hydrogen-bond acceptors (Lipinski definition) is 5. The van der Waals surface area contributed by atoms with Gasteiger partial charge in [0.05, 0.1) is 7.11 Å². The van der Waals surface area contributed by atoms with Gasteiger partial charge in [-0.2, -0.15) is 4.98 Å². The fraction of sp³-hybridized carbons (Fsp3) is 0.286. The molecule has 0 fully saturated rings. The summed E-state index contributed by atoms with van der Waals surface area (Å²) in [5, 5.41) is 6.93. The molecule has 0 spiro atoms. The van der Waals surface area contributed by atoms with Crippen molar-refractivity contribution in [1.29, 1.82) is 0 Å². The van der Waals surface area contributed by atoms with Gasteiger partial charge in [-0.3, -0.25) is 4.79 Å². The van der Waals surface area contributed by atoms with Gasteiger partial charge in [0, 0.05) is 24.1 Å². The summed E-state index contributed by atoms with van der Waals surface area (Å²) in [6.45, 7) is 2.09. The zero-order chi connectivity index (χ0) is 19.1. The van der Waals surface area contributed by atoms with Crippen LogP contribution < -0.4 is 10.1 Å². The maximum Gasteiger partial charge on any atom is 0.226 e. The van der Waals surface area contributed by atoms with E-state index in [9.17, 15) is 4.79 Å². The number of benzene rings is 2. The normalized spacial score (nSPS) is 10.6. The first-order chi connectivity index (χ1) is 13.2. The number of anilines is 1. The van der Waals surface area contributed by atoms with Crippen LogP contribution in [0.2, 0.25) is 0 Å². The van der Waals surface area contributed by atoms with Gasteiger partial charge in [-0.25, -0.2) is 0 Å². The molecule has 0 saturated carbocycles. The maximum absolute atomic E-state index is 12.1. The number of aryl methyl sites for hydroxylation is 2. The van der Waals surface area contributed by atoms with Gasteiger partial charge < -0.3 is 14.6 Å². The van der Waals surface area contributed by atoms with Crippen molar-refractivity contribution in [3.63, 3.8) is 0 Å². The van der Waals surface area contributed by atoms with Crippen LogP contribution in [0, 0.1) is 0 Å². The number of carbonyl (C=O) groups excluding carboxylic acids is 1. The van der Waals surface area contributed by atoms with Gasteiger partial charge in [0.2, 0.25) is 17.6 Å². The van der Waals surface area contributed by atoms with E-state index >= 15 is 0 Å². The predicted octanol–water partition coefficient (Wildman–Crippen LogP) is 4.27. The average Bonchev–Trinajstić information content (AvgIpc) is 3.17. The highest BCUT2D eigenvalue weighted by atomic mass is 16.5. The number of aromatic nitrogens is 2. The van der Waals surface area contributed by atoms with Crippen molar-refractivity contribution in [3.05, 3.63) is 60.0 Å². The monoisotopic (exact) mass is 365 g/mol. The third-order valence-corrected chi connectivity index (χ3v) is 4.23. The molecule has 6 nitrogen and oxygen atoms in total. The lowest BCUT2D eigenvalue weighted by atomic mass is 10.1. The smallest absolute Gasteiger partial charge is 0.226 e. The molecule has 0 aliphatic heterocycles. The first kappa shape index (κ1) is 18.6. The quantitative estimate of drug-likeness (QED) is 0.645. The summed E-state index contributed by atoms with van der Waals surface area (Å²) in [5.74, 6) is 1.83. The third kappa shape index (κ3) is 5.17. The number of ether oxygens (including phenoxy) is 1. The number of methoxy groups -OCH3 is 1. The molecule has 0 unspecified atom stereocenters. The first-order valence-corrected chi connectivity index (χ1v) is 9.03. The molecular formula is C21H23N3O3. The molecule has 27 heavy (non-hydrogen) atoms. The van der Waals surface area contributed by atoms with Gasteiger partial charge >= 0.3 is 0 Å². The van der Waals surface area contributed by atoms with E-state index in [2.05, 4.69) is 22.4 Å². The van der Waals surface area contributed by atoms with Crippen LogP contribution >= 0.6 is 0 Å². The molecule has 3 aromatic rings. The largest absolute Gasteiger partial charge is 0.497 e. The summed E-state index contributed by atoms with van der Waals surface area (Å²) in [5.41, 5.74) is 2.89. The first-order valence-electron chi connectivity index (χ1n) is 9.03. The molecule has 140 valence electrons. The minimum Gasteiger partial charge on any atom is -0.497 e. The Morgan fingerprint density at radius 1 is 1.19 bits per heavy atom. The lowest BCUT2D eigenvalue weighted by molar-refractivity contribution is -0.116. The Kier molecular flexibility index (Phi) is 6.20. The van der Waals surface area contributed by atoms with E-state index in [1.807, 2.05) is 48.5 Å². The van der Waals surface area contributed by atoms with E-state index in [1.54, 1.807) is 7.11 Å². The molecule has 1 aromatic heterocycles. The summed E-state index contributed by atoms with van der Waals surface area (Å²) in [6.07, 6.45) is 2.54. The van der Waals surface area contributed by atoms with E-state index in [-0.39, 0.29) is 5.91 Å². The number of rotatable bonds is 8. The van der Waals surface area contributed by atoms with Crippen LogP contribution in [-0.2, 0) is 17.6 Å². The van der Waals surface area contributed by atoms with E-state index in [0.29, 0.717) is 31.0 Å². The third-order valence-electron chi connectivity index (χ3n) is 4.23. The van der Waals surface area contributed by atoms with Gasteiger partial charge in [-0.1, -0.05) is 24.2 Å². The number of hydrogen-bond donors (Lipinski definition) is 1. The minimum absolute atomic E-state index is 0.0156. The molecule has 2 aromatic carbocycles. The SMILES string of the molecule is CCc1cccc(NC(=O)CCCc2nc(-c3ccc(OC)cc3)no2)c1. The zero-order valence-corrected chi connectivity index (χ0v) is 15.6. The van der Waals surface area contributed by atoms with Crippen LogP contribution in [0.3, 0.4) is 0 Å². The second kappa shape index (κ2) is 8.98. The van der Waals surface area contributed by atoms with Crippen molar-refractivity contribution < 1.29 is 14.1 Å². The second-order valence-electron chi connectivity index (χ2n) is 6.20. The predicted molar refractivity (Wildman–Crippen MR) is 104 cm³/mol. The summed E-state index contributed by atoms with van der Waals surface area (Å²) >= 11 is 0. The Hall–Kier alpha value is -3.15. The highest BCUT2D eigenvalue weighted by Gasteiger charge is 2.10. The molecule has 3 rings (SSSR count). The van der Waals surface area contributed by atoms with E-state index in [1.165, 1.54) is 5.56 Å². The van der Waals surface area contributed by atoms with Gasteiger partial charge in [0.25, 0.3) is 0 Å². The van der Waals surface area contributed by atoms with Crippen LogP contribution in [0.1, 0.15) is 31.2 Å². The molecule has 0 radical (unpaired) electrons. The van der Waals surface area contributed by atoms with Crippen molar-refractivity contribution in [1.82, 2.24) is 10.1 Å². The zero-order valence-electron chi connectivity index (χ0n) is 15.6. The van der Waals surface area contributed by atoms with Gasteiger partial charge in [-0.05, 0) is 54.8 Å². The van der Waals surface area contributed by atoms with Crippen LogP contribution in [0.25, 0.3) is 11.4 Å². The van der Waals surface area contributed by atoms with E-state index in [4.69, 9.17) is 9.26 Å². The Bertz CT molecular complexity index is 888. The molecule has 0 saturated heterocycles. The molecule has 1 heterocycles. The van der Waals surface area contributed by atoms with Gasteiger partial charge in [0.1, 0.15) is 5.75 Å². The highest BCUT2D eigenvalue weighted by molar-refractivity contribution is 5.90. The number of nitrogens with one attached hydrogen (secondary N) is 1. The highest BCUT2D eigenvalue weighted by Crippen LogP contribution is 2.20. The van der Waals surface area contributed by atoms with Crippen LogP contribution in [0.5, 0.6) is 5.75 Å². The van der Waals surface area contributed by atoms with E-state index in [0.717, 1.165) is 23.4 Å². The number of carbonyl (C=O) groups is 1. The van der Waals surface area contributed by atoms with Crippen molar-refractivity contribution in [2.45, 2.75) is 32.6 Å². The molecule has 0 aliphatic carbocycles. The van der Waals surface area contributed by atoms with E-state index < -0.39 is 0 Å². The average molecular weight is 365 g/mol. The lowest BCUT2D eigenvalue weighted by Gasteiger charge is -2.06. The van der Waals surface area contributed by atoms with Crippen LogP contribution in [0.4, 0.5) is 5.69 Å². The van der Waals surface area contributed by atoms with Crippen LogP contribution in [0.15, 0.2) is 53.1 Å². The van der Waals surface area contributed by atoms with Crippen molar-refractivity contribution in [3.8, 4) is 17.1 Å². The molecular weight excluding hydrogens is 342 g/mol. The van der Waals surface area contributed by atoms with Crippen LogP contribution in [-0.4, -0.2) is 23.2 Å². The summed E-state index contributed by atoms with van der Waals surface area (Å²) in [7, 11) is 1.62. The van der Waals surface area contributed by atoms with Gasteiger partial charge in [-0.15, -0.1) is 0 Å². The van der Waals surface area contributed by atoms with Crippen molar-refractivity contribution >= 4 is 11.6 Å². The Morgan fingerprint density at radius 3 is 2.74 bits per heavy atom. The summed E-state index contributed by atoms with van der Waals surface area (Å²) in [4.78, 5) is 16.5. The Morgan fingerprint density at radius 2 is 2.00 bits per heavy atom. The molecule has 1 N–H and O–H groups in total. The molecule has 1 amide bonds. The van der Waals surface area contributed by atoms with Gasteiger partial charge in [0.15, 0.2) is 0 Å². The van der Waals surface area contributed by atoms with Crippen molar-refractivity contribution in [2.75, 3.05) is 12.4 Å². The lowest BCUT2D eigenvalue weighted by Crippen LogP contribution is -2.11. The molecule has 0 atom stereocenters. The standard InChI is InChI=1S/C21H23N3O3/c1-3-15-6-4-7-17(14-15)22-19(25)8-5-9-20-23-21(24-27-20)16-10-12-18(26-2)13-11-16/h4,6-7,10-14H,3,5,8-9H2,1-2H3,(H,22,25). The maximum atomic E-state index is 12.1. The summed E-state index contributed by atoms with van der Waals surface area (Å²) in [6, 6.07) is 15.4.